The third-order valence-corrected chi connectivity index (χ3v) is 9.55. The summed E-state index contributed by atoms with van der Waals surface area (Å²) < 4.78 is 54.7. The first-order chi connectivity index (χ1) is 22.8. The lowest BCUT2D eigenvalue weighted by Crippen LogP contribution is -2.56. The molecule has 12 heteroatoms. The summed E-state index contributed by atoms with van der Waals surface area (Å²) in [5, 5.41) is 3.49. The zero-order valence-corrected chi connectivity index (χ0v) is 28.4. The van der Waals surface area contributed by atoms with Gasteiger partial charge in [-0.2, -0.15) is 0 Å². The van der Waals surface area contributed by atoms with Gasteiger partial charge in [0.05, 0.1) is 10.6 Å². The van der Waals surface area contributed by atoms with Crippen LogP contribution in [0.2, 0.25) is 5.02 Å². The predicted octanol–water partition coefficient (Wildman–Crippen LogP) is 6.00. The van der Waals surface area contributed by atoms with Crippen molar-refractivity contribution in [3.05, 3.63) is 119 Å². The van der Waals surface area contributed by atoms with Gasteiger partial charge < -0.3 is 19.7 Å². The lowest BCUT2D eigenvalue weighted by molar-refractivity contribution is -0.140. The van der Waals surface area contributed by atoms with Crippen molar-refractivity contribution >= 4 is 39.1 Å². The van der Waals surface area contributed by atoms with Crippen LogP contribution in [0.15, 0.2) is 102 Å². The van der Waals surface area contributed by atoms with Gasteiger partial charge in [0, 0.05) is 29.6 Å². The first-order valence-corrected chi connectivity index (χ1v) is 17.2. The predicted molar refractivity (Wildman–Crippen MR) is 182 cm³/mol. The van der Waals surface area contributed by atoms with Crippen LogP contribution >= 0.6 is 11.6 Å². The van der Waals surface area contributed by atoms with Gasteiger partial charge in [0.2, 0.25) is 11.8 Å². The number of anilines is 1. The van der Waals surface area contributed by atoms with Crippen LogP contribution < -0.4 is 19.1 Å². The molecule has 0 saturated carbocycles. The Morgan fingerprint density at radius 2 is 1.52 bits per heavy atom. The Morgan fingerprint density at radius 3 is 2.17 bits per heavy atom. The number of amides is 2. The number of hydrogen-bond donors (Lipinski definition) is 1. The molecule has 0 fully saturated rings. The number of nitrogens with zero attached hydrogens (tertiary/aromatic N) is 2. The van der Waals surface area contributed by atoms with Crippen molar-refractivity contribution in [2.24, 2.45) is 0 Å². The number of rotatable bonds is 11. The number of fused-ring (bicyclic) bond motifs is 1. The van der Waals surface area contributed by atoms with E-state index in [-0.39, 0.29) is 35.9 Å². The van der Waals surface area contributed by atoms with Gasteiger partial charge >= 0.3 is 0 Å². The monoisotopic (exact) mass is 693 g/mol. The average Bonchev–Trinajstić information content (AvgIpc) is 3.06. The summed E-state index contributed by atoms with van der Waals surface area (Å²) in [6.07, 6.45) is 0.160. The van der Waals surface area contributed by atoms with E-state index in [1.807, 2.05) is 51.1 Å². The van der Waals surface area contributed by atoms with Crippen LogP contribution in [0.25, 0.3) is 0 Å². The average molecular weight is 694 g/mol. The van der Waals surface area contributed by atoms with Gasteiger partial charge in [0.1, 0.15) is 31.6 Å². The van der Waals surface area contributed by atoms with Crippen molar-refractivity contribution in [2.45, 2.75) is 50.2 Å². The van der Waals surface area contributed by atoms with E-state index in [9.17, 15) is 22.4 Å². The van der Waals surface area contributed by atoms with E-state index < -0.39 is 45.8 Å². The quantitative estimate of drug-likeness (QED) is 0.207. The fraction of sp³-hybridized carbons (Fsp3) is 0.278. The largest absolute Gasteiger partial charge is 0.486 e. The molecule has 0 bridgehead atoms. The van der Waals surface area contributed by atoms with Gasteiger partial charge in [0.25, 0.3) is 10.0 Å². The number of sulfonamides is 1. The molecular weight excluding hydrogens is 657 g/mol. The highest BCUT2D eigenvalue weighted by molar-refractivity contribution is 7.92. The van der Waals surface area contributed by atoms with Crippen molar-refractivity contribution in [3.8, 4) is 11.5 Å². The second kappa shape index (κ2) is 14.7. The van der Waals surface area contributed by atoms with Gasteiger partial charge in [0.15, 0.2) is 11.5 Å². The molecule has 4 aromatic carbocycles. The molecule has 0 aromatic heterocycles. The minimum absolute atomic E-state index is 0.0214. The van der Waals surface area contributed by atoms with Gasteiger partial charge in [-0.15, -0.1) is 0 Å². The zero-order chi connectivity index (χ0) is 34.5. The number of hydrogen-bond acceptors (Lipinski definition) is 6. The fourth-order valence-electron chi connectivity index (χ4n) is 5.24. The summed E-state index contributed by atoms with van der Waals surface area (Å²) in [6, 6.07) is 24.1. The first kappa shape index (κ1) is 34.7. The van der Waals surface area contributed by atoms with E-state index in [2.05, 4.69) is 5.32 Å². The smallest absolute Gasteiger partial charge is 0.264 e. The van der Waals surface area contributed by atoms with Crippen LogP contribution in [0.1, 0.15) is 31.9 Å². The van der Waals surface area contributed by atoms with Crippen molar-refractivity contribution in [1.82, 2.24) is 10.2 Å². The standard InChI is InChI=1S/C36H37ClFN3O6S/c1-36(2,3)39-35(43)31(21-25-7-5-4-6-8-25)40(23-26-9-11-27(37)12-10-26)34(42)24-41(29-15-13-28(38)14-16-29)48(44,45)30-17-18-32-33(22-30)47-20-19-46-32/h4-18,22,31H,19-21,23-24H2,1-3H3,(H,39,43). The van der Waals surface area contributed by atoms with E-state index >= 15 is 0 Å². The Balaban J connectivity index is 1.58. The molecule has 2 amide bonds. The molecule has 1 aliphatic rings. The Hall–Kier alpha value is -4.61. The molecule has 1 aliphatic heterocycles. The molecule has 48 heavy (non-hydrogen) atoms. The van der Waals surface area contributed by atoms with E-state index in [1.54, 1.807) is 24.3 Å². The van der Waals surface area contributed by atoms with E-state index in [4.69, 9.17) is 21.1 Å². The molecule has 0 radical (unpaired) electrons. The highest BCUT2D eigenvalue weighted by Gasteiger charge is 2.36. The minimum atomic E-state index is -4.43. The van der Waals surface area contributed by atoms with Crippen molar-refractivity contribution in [1.29, 1.82) is 0 Å². The number of halogens is 2. The van der Waals surface area contributed by atoms with Crippen LogP contribution in [-0.2, 0) is 32.6 Å². The lowest BCUT2D eigenvalue weighted by atomic mass is 10.0. The van der Waals surface area contributed by atoms with E-state index in [1.165, 1.54) is 35.2 Å². The summed E-state index contributed by atoms with van der Waals surface area (Å²) in [6.45, 7) is 5.38. The summed E-state index contributed by atoms with van der Waals surface area (Å²) in [5.41, 5.74) is 0.921. The van der Waals surface area contributed by atoms with Gasteiger partial charge in [-0.05, 0) is 80.4 Å². The first-order valence-electron chi connectivity index (χ1n) is 15.4. The Labute approximate surface area is 285 Å². The second-order valence-electron chi connectivity index (χ2n) is 12.4. The maximum absolute atomic E-state index is 14.6. The molecule has 252 valence electrons. The second-order valence-corrected chi connectivity index (χ2v) is 14.7. The number of nitrogens with one attached hydrogen (secondary N) is 1. The Kier molecular flexibility index (Phi) is 10.6. The minimum Gasteiger partial charge on any atom is -0.486 e. The molecule has 0 saturated heterocycles. The summed E-state index contributed by atoms with van der Waals surface area (Å²) in [5.74, 6) is -0.990. The maximum atomic E-state index is 14.6. The van der Waals surface area contributed by atoms with Crippen LogP contribution in [0, 0.1) is 5.82 Å². The van der Waals surface area contributed by atoms with Crippen LogP contribution in [-0.4, -0.2) is 56.5 Å². The number of benzene rings is 4. The van der Waals surface area contributed by atoms with E-state index in [0.29, 0.717) is 22.9 Å². The van der Waals surface area contributed by atoms with Crippen LogP contribution in [0.5, 0.6) is 11.5 Å². The lowest BCUT2D eigenvalue weighted by Gasteiger charge is -2.35. The van der Waals surface area contributed by atoms with Crippen LogP contribution in [0.4, 0.5) is 10.1 Å². The fourth-order valence-corrected chi connectivity index (χ4v) is 6.80. The third kappa shape index (κ3) is 8.64. The number of carbonyl (C=O) groups excluding carboxylic acids is 2. The highest BCUT2D eigenvalue weighted by Crippen LogP contribution is 2.34. The molecular formula is C36H37ClFN3O6S. The molecule has 1 heterocycles. The summed E-state index contributed by atoms with van der Waals surface area (Å²) in [7, 11) is -4.43. The summed E-state index contributed by atoms with van der Waals surface area (Å²) >= 11 is 6.14. The SMILES string of the molecule is CC(C)(C)NC(=O)C(Cc1ccccc1)N(Cc1ccc(Cl)cc1)C(=O)CN(c1ccc(F)cc1)S(=O)(=O)c1ccc2c(c1)OCCO2. The molecule has 4 aromatic rings. The molecule has 1 N–H and O–H groups in total. The molecule has 9 nitrogen and oxygen atoms in total. The Bertz CT molecular complexity index is 1850. The van der Waals surface area contributed by atoms with Crippen molar-refractivity contribution < 1.29 is 31.9 Å². The normalized spacial score (nSPS) is 13.4. The molecule has 1 unspecified atom stereocenters. The Morgan fingerprint density at radius 1 is 0.875 bits per heavy atom. The zero-order valence-electron chi connectivity index (χ0n) is 26.9. The molecule has 1 atom stereocenters. The van der Waals surface area contributed by atoms with Gasteiger partial charge in [-0.25, -0.2) is 12.8 Å². The highest BCUT2D eigenvalue weighted by atomic mass is 35.5. The maximum Gasteiger partial charge on any atom is 0.264 e. The number of ether oxygens (including phenoxy) is 2. The van der Waals surface area contributed by atoms with Crippen molar-refractivity contribution in [2.75, 3.05) is 24.1 Å². The topological polar surface area (TPSA) is 105 Å². The molecule has 0 aliphatic carbocycles. The third-order valence-electron chi connectivity index (χ3n) is 7.53. The van der Waals surface area contributed by atoms with E-state index in [0.717, 1.165) is 22.0 Å². The van der Waals surface area contributed by atoms with Crippen LogP contribution in [0.3, 0.4) is 0 Å². The molecule has 5 rings (SSSR count). The summed E-state index contributed by atoms with van der Waals surface area (Å²) in [4.78, 5) is 29.8. The number of carbonyl (C=O) groups is 2. The van der Waals surface area contributed by atoms with Gasteiger partial charge in [-0.3, -0.25) is 13.9 Å². The van der Waals surface area contributed by atoms with Gasteiger partial charge in [-0.1, -0.05) is 54.1 Å². The molecule has 0 spiro atoms. The van der Waals surface area contributed by atoms with Crippen molar-refractivity contribution in [3.63, 3.8) is 0 Å².